The molecule has 2 N–H and O–H groups in total. The molecular weight excluding hydrogens is 426 g/mol. The van der Waals surface area contributed by atoms with Gasteiger partial charge in [0.25, 0.3) is 11.1 Å². The number of rotatable bonds is 8. The summed E-state index contributed by atoms with van der Waals surface area (Å²) >= 11 is 0.888. The van der Waals surface area contributed by atoms with E-state index in [2.05, 4.69) is 10.3 Å². The van der Waals surface area contributed by atoms with E-state index in [1.165, 1.54) is 0 Å². The van der Waals surface area contributed by atoms with Gasteiger partial charge in [0.15, 0.2) is 0 Å². The van der Waals surface area contributed by atoms with E-state index in [-0.39, 0.29) is 30.0 Å². The SMILES string of the molecule is COc1ccc(C=C2SC(=O)N(CCC(=O)NCCc3c[nH]c4ccccc34)C2=O)cc1. The third-order valence-corrected chi connectivity index (χ3v) is 6.15. The molecule has 0 radical (unpaired) electrons. The summed E-state index contributed by atoms with van der Waals surface area (Å²) in [5.41, 5.74) is 3.00. The van der Waals surface area contributed by atoms with Crippen molar-refractivity contribution in [3.05, 3.63) is 70.8 Å². The number of H-pyrrole nitrogens is 1. The van der Waals surface area contributed by atoms with E-state index < -0.39 is 0 Å². The molecule has 1 fully saturated rings. The first-order valence-electron chi connectivity index (χ1n) is 10.3. The van der Waals surface area contributed by atoms with Crippen molar-refractivity contribution in [2.75, 3.05) is 20.2 Å². The van der Waals surface area contributed by atoms with Gasteiger partial charge in [0.1, 0.15) is 5.75 Å². The van der Waals surface area contributed by atoms with Crippen LogP contribution in [0.3, 0.4) is 0 Å². The number of aromatic nitrogens is 1. The third-order valence-electron chi connectivity index (χ3n) is 5.24. The van der Waals surface area contributed by atoms with E-state index in [0.717, 1.165) is 38.7 Å². The lowest BCUT2D eigenvalue weighted by atomic mass is 10.1. The molecule has 1 aliphatic heterocycles. The smallest absolute Gasteiger partial charge is 0.293 e. The predicted molar refractivity (Wildman–Crippen MR) is 125 cm³/mol. The van der Waals surface area contributed by atoms with Crippen molar-refractivity contribution in [3.63, 3.8) is 0 Å². The molecule has 1 aromatic heterocycles. The number of methoxy groups -OCH3 is 1. The Morgan fingerprint density at radius 1 is 1.16 bits per heavy atom. The molecule has 8 heteroatoms. The summed E-state index contributed by atoms with van der Waals surface area (Å²) in [6.07, 6.45) is 4.39. The number of hydrogen-bond acceptors (Lipinski definition) is 5. The Labute approximate surface area is 189 Å². The number of benzene rings is 2. The quantitative estimate of drug-likeness (QED) is 0.508. The van der Waals surface area contributed by atoms with Crippen LogP contribution in [0.1, 0.15) is 17.5 Å². The van der Waals surface area contributed by atoms with Crippen molar-refractivity contribution in [1.29, 1.82) is 0 Å². The maximum atomic E-state index is 12.6. The summed E-state index contributed by atoms with van der Waals surface area (Å²) < 4.78 is 5.12. The third kappa shape index (κ3) is 4.86. The average molecular weight is 450 g/mol. The summed E-state index contributed by atoms with van der Waals surface area (Å²) in [6, 6.07) is 15.2. The second kappa shape index (κ2) is 9.74. The molecular formula is C24H23N3O4S. The second-order valence-corrected chi connectivity index (χ2v) is 8.31. The number of aromatic amines is 1. The highest BCUT2D eigenvalue weighted by Gasteiger charge is 2.34. The number of para-hydroxylation sites is 1. The van der Waals surface area contributed by atoms with E-state index >= 15 is 0 Å². The Bertz CT molecular complexity index is 1180. The first-order valence-corrected chi connectivity index (χ1v) is 11.1. The molecule has 164 valence electrons. The van der Waals surface area contributed by atoms with Crippen LogP contribution in [0, 0.1) is 0 Å². The summed E-state index contributed by atoms with van der Waals surface area (Å²) in [5, 5.41) is 3.65. The molecule has 0 spiro atoms. The lowest BCUT2D eigenvalue weighted by Crippen LogP contribution is -2.34. The maximum Gasteiger partial charge on any atom is 0.293 e. The van der Waals surface area contributed by atoms with Crippen LogP contribution in [-0.4, -0.2) is 47.1 Å². The molecule has 0 bridgehead atoms. The topological polar surface area (TPSA) is 91.5 Å². The Hall–Kier alpha value is -3.52. The van der Waals surface area contributed by atoms with Crippen LogP contribution in [0.4, 0.5) is 4.79 Å². The van der Waals surface area contributed by atoms with E-state index in [1.807, 2.05) is 42.6 Å². The van der Waals surface area contributed by atoms with Gasteiger partial charge in [0, 0.05) is 36.6 Å². The van der Waals surface area contributed by atoms with Gasteiger partial charge in [0.05, 0.1) is 12.0 Å². The largest absolute Gasteiger partial charge is 0.497 e. The molecule has 2 aromatic carbocycles. The number of nitrogens with one attached hydrogen (secondary N) is 2. The molecule has 4 rings (SSSR count). The highest BCUT2D eigenvalue weighted by molar-refractivity contribution is 8.18. The molecule has 32 heavy (non-hydrogen) atoms. The molecule has 0 aliphatic carbocycles. The zero-order chi connectivity index (χ0) is 22.5. The highest BCUT2D eigenvalue weighted by atomic mass is 32.2. The summed E-state index contributed by atoms with van der Waals surface area (Å²) in [4.78, 5) is 41.8. The number of carbonyl (C=O) groups excluding carboxylic acids is 3. The lowest BCUT2D eigenvalue weighted by Gasteiger charge is -2.12. The van der Waals surface area contributed by atoms with Gasteiger partial charge >= 0.3 is 0 Å². The Balaban J connectivity index is 1.27. The fourth-order valence-electron chi connectivity index (χ4n) is 3.52. The first kappa shape index (κ1) is 21.7. The van der Waals surface area contributed by atoms with Gasteiger partial charge in [-0.2, -0.15) is 0 Å². The Morgan fingerprint density at radius 2 is 1.94 bits per heavy atom. The maximum absolute atomic E-state index is 12.6. The molecule has 3 aromatic rings. The Morgan fingerprint density at radius 3 is 2.72 bits per heavy atom. The number of carbonyl (C=O) groups is 3. The molecule has 2 heterocycles. The fourth-order valence-corrected chi connectivity index (χ4v) is 4.39. The zero-order valence-corrected chi connectivity index (χ0v) is 18.4. The first-order chi connectivity index (χ1) is 15.5. The van der Waals surface area contributed by atoms with Crippen LogP contribution < -0.4 is 10.1 Å². The number of nitrogens with zero attached hydrogens (tertiary/aromatic N) is 1. The molecule has 1 aliphatic rings. The Kier molecular flexibility index (Phi) is 6.61. The van der Waals surface area contributed by atoms with Gasteiger partial charge in [-0.05, 0) is 53.6 Å². The van der Waals surface area contributed by atoms with Crippen LogP contribution in [0.15, 0.2) is 59.6 Å². The molecule has 3 amide bonds. The van der Waals surface area contributed by atoms with E-state index in [9.17, 15) is 14.4 Å². The van der Waals surface area contributed by atoms with Crippen molar-refractivity contribution in [1.82, 2.24) is 15.2 Å². The van der Waals surface area contributed by atoms with Crippen molar-refractivity contribution < 1.29 is 19.1 Å². The number of amides is 3. The van der Waals surface area contributed by atoms with E-state index in [1.54, 1.807) is 25.3 Å². The average Bonchev–Trinajstić information content (AvgIpc) is 3.33. The number of hydrogen-bond donors (Lipinski definition) is 2. The van der Waals surface area contributed by atoms with Crippen LogP contribution in [0.25, 0.3) is 17.0 Å². The normalized spacial score (nSPS) is 15.0. The lowest BCUT2D eigenvalue weighted by molar-refractivity contribution is -0.124. The molecule has 0 saturated carbocycles. The van der Waals surface area contributed by atoms with Crippen LogP contribution in [-0.2, 0) is 16.0 Å². The minimum Gasteiger partial charge on any atom is -0.497 e. The van der Waals surface area contributed by atoms with Crippen molar-refractivity contribution >= 4 is 45.8 Å². The van der Waals surface area contributed by atoms with E-state index in [4.69, 9.17) is 4.74 Å². The summed E-state index contributed by atoms with van der Waals surface area (Å²) in [5.74, 6) is 0.149. The number of thioether (sulfide) groups is 1. The predicted octanol–water partition coefficient (Wildman–Crippen LogP) is 3.96. The number of fused-ring (bicyclic) bond motifs is 1. The molecule has 1 saturated heterocycles. The number of imide groups is 1. The van der Waals surface area contributed by atoms with E-state index in [0.29, 0.717) is 23.6 Å². The van der Waals surface area contributed by atoms with Crippen molar-refractivity contribution in [2.45, 2.75) is 12.8 Å². The van der Waals surface area contributed by atoms with Gasteiger partial charge in [0.2, 0.25) is 5.91 Å². The van der Waals surface area contributed by atoms with Gasteiger partial charge in [-0.25, -0.2) is 0 Å². The molecule has 7 nitrogen and oxygen atoms in total. The van der Waals surface area contributed by atoms with Crippen molar-refractivity contribution in [2.24, 2.45) is 0 Å². The van der Waals surface area contributed by atoms with Gasteiger partial charge in [-0.1, -0.05) is 30.3 Å². The summed E-state index contributed by atoms with van der Waals surface area (Å²) in [7, 11) is 1.58. The van der Waals surface area contributed by atoms with Crippen molar-refractivity contribution in [3.8, 4) is 5.75 Å². The molecule has 0 atom stereocenters. The standard InChI is InChI=1S/C24H23N3O4S/c1-31-18-8-6-16(7-9-18)14-21-23(29)27(24(30)32-21)13-11-22(28)25-12-10-17-15-26-20-5-3-2-4-19(17)20/h2-9,14-15,26H,10-13H2,1H3,(H,25,28). The van der Waals surface area contributed by atoms with Crippen LogP contribution >= 0.6 is 11.8 Å². The number of ether oxygens (including phenoxy) is 1. The van der Waals surface area contributed by atoms with Crippen LogP contribution in [0.5, 0.6) is 5.75 Å². The second-order valence-electron chi connectivity index (χ2n) is 7.32. The monoisotopic (exact) mass is 449 g/mol. The minimum absolute atomic E-state index is 0.0591. The summed E-state index contributed by atoms with van der Waals surface area (Å²) in [6.45, 7) is 0.545. The molecule has 0 unspecified atom stereocenters. The highest BCUT2D eigenvalue weighted by Crippen LogP contribution is 2.32. The van der Waals surface area contributed by atoms with Crippen LogP contribution in [0.2, 0.25) is 0 Å². The zero-order valence-electron chi connectivity index (χ0n) is 17.6. The van der Waals surface area contributed by atoms with Gasteiger partial charge in [-0.15, -0.1) is 0 Å². The van der Waals surface area contributed by atoms with Gasteiger partial charge in [-0.3, -0.25) is 19.3 Å². The minimum atomic E-state index is -0.373. The van der Waals surface area contributed by atoms with Gasteiger partial charge < -0.3 is 15.0 Å². The fraction of sp³-hybridized carbons (Fsp3) is 0.208.